The van der Waals surface area contributed by atoms with E-state index in [0.29, 0.717) is 24.7 Å². The van der Waals surface area contributed by atoms with Gasteiger partial charge in [0.05, 0.1) is 6.42 Å². The number of thiophene rings is 1. The van der Waals surface area contributed by atoms with E-state index in [9.17, 15) is 4.79 Å². The summed E-state index contributed by atoms with van der Waals surface area (Å²) in [6.07, 6.45) is 4.49. The smallest absolute Gasteiger partial charge is 0.318 e. The van der Waals surface area contributed by atoms with Crippen LogP contribution in [-0.4, -0.2) is 29.2 Å². The summed E-state index contributed by atoms with van der Waals surface area (Å²) in [7, 11) is 0. The van der Waals surface area contributed by atoms with Crippen molar-refractivity contribution in [2.75, 3.05) is 18.0 Å². The number of nitrogens with zero attached hydrogens (tertiary/aromatic N) is 3. The fourth-order valence-corrected chi connectivity index (χ4v) is 4.15. The van der Waals surface area contributed by atoms with Gasteiger partial charge in [-0.1, -0.05) is 41.5 Å². The number of hydrogen-bond donors (Lipinski definition) is 1. The lowest BCUT2D eigenvalue weighted by atomic mass is 10.1. The molecule has 0 saturated carbocycles. The molecule has 1 aliphatic heterocycles. The van der Waals surface area contributed by atoms with Crippen LogP contribution < -0.4 is 10.2 Å². The summed E-state index contributed by atoms with van der Waals surface area (Å²) >= 11 is 1.58. The van der Waals surface area contributed by atoms with E-state index in [0.717, 1.165) is 36.4 Å². The molecule has 1 unspecified atom stereocenters. The summed E-state index contributed by atoms with van der Waals surface area (Å²) in [6.45, 7) is 1.88. The predicted molar refractivity (Wildman–Crippen MR) is 109 cm³/mol. The minimum atomic E-state index is -0.346. The Bertz CT molecular complexity index is 873. The van der Waals surface area contributed by atoms with Gasteiger partial charge < -0.3 is 14.6 Å². The molecule has 1 atom stereocenters. The summed E-state index contributed by atoms with van der Waals surface area (Å²) in [5.41, 5.74) is 1.11. The van der Waals surface area contributed by atoms with E-state index in [1.54, 1.807) is 11.3 Å². The van der Waals surface area contributed by atoms with Crippen LogP contribution in [0.4, 0.5) is 6.01 Å². The molecule has 1 amide bonds. The summed E-state index contributed by atoms with van der Waals surface area (Å²) in [5, 5.41) is 13.6. The highest BCUT2D eigenvalue weighted by Gasteiger charge is 2.24. The number of benzene rings is 1. The van der Waals surface area contributed by atoms with Crippen molar-refractivity contribution in [3.8, 4) is 0 Å². The lowest BCUT2D eigenvalue weighted by molar-refractivity contribution is -0.121. The van der Waals surface area contributed by atoms with Gasteiger partial charge in [0, 0.05) is 24.4 Å². The third kappa shape index (κ3) is 4.78. The highest BCUT2D eigenvalue weighted by Crippen LogP contribution is 2.23. The second kappa shape index (κ2) is 9.01. The van der Waals surface area contributed by atoms with Gasteiger partial charge in [-0.2, -0.15) is 0 Å². The van der Waals surface area contributed by atoms with Crippen LogP contribution in [0.3, 0.4) is 0 Å². The number of hydrogen-bond acceptors (Lipinski definition) is 6. The van der Waals surface area contributed by atoms with Crippen molar-refractivity contribution in [3.63, 3.8) is 0 Å². The fourth-order valence-electron chi connectivity index (χ4n) is 3.45. The van der Waals surface area contributed by atoms with Crippen LogP contribution in [0.1, 0.15) is 41.6 Å². The molecule has 1 saturated heterocycles. The molecule has 4 rings (SSSR count). The summed E-state index contributed by atoms with van der Waals surface area (Å²) in [4.78, 5) is 15.8. The first kappa shape index (κ1) is 18.7. The summed E-state index contributed by atoms with van der Waals surface area (Å²) < 4.78 is 5.99. The summed E-state index contributed by atoms with van der Waals surface area (Å²) in [6, 6.07) is 14.2. The van der Waals surface area contributed by atoms with E-state index in [1.807, 2.05) is 47.8 Å². The number of anilines is 1. The highest BCUT2D eigenvalue weighted by atomic mass is 32.1. The average molecular weight is 397 g/mol. The quantitative estimate of drug-likeness (QED) is 0.658. The number of carbonyl (C=O) groups excluding carboxylic acids is 1. The predicted octanol–water partition coefficient (Wildman–Crippen LogP) is 3.76. The van der Waals surface area contributed by atoms with Crippen molar-refractivity contribution in [3.05, 3.63) is 64.2 Å². The minimum absolute atomic E-state index is 0.0406. The first-order valence-corrected chi connectivity index (χ1v) is 10.6. The van der Waals surface area contributed by atoms with Crippen molar-refractivity contribution in [1.82, 2.24) is 15.5 Å². The van der Waals surface area contributed by atoms with E-state index < -0.39 is 0 Å². The van der Waals surface area contributed by atoms with E-state index in [1.165, 1.54) is 6.42 Å². The molecule has 0 spiro atoms. The van der Waals surface area contributed by atoms with Gasteiger partial charge in [0.25, 0.3) is 0 Å². The molecule has 3 heterocycles. The lowest BCUT2D eigenvalue weighted by Crippen LogP contribution is -2.31. The molecular formula is C21H24N4O2S. The normalized spacial score (nSPS) is 15.4. The Morgan fingerprint density at radius 1 is 1.11 bits per heavy atom. The fraction of sp³-hybridized carbons (Fsp3) is 0.381. The number of carbonyl (C=O) groups is 1. The molecule has 28 heavy (non-hydrogen) atoms. The molecule has 0 bridgehead atoms. The van der Waals surface area contributed by atoms with Gasteiger partial charge in [0.15, 0.2) is 0 Å². The van der Waals surface area contributed by atoms with Gasteiger partial charge in [-0.3, -0.25) is 4.79 Å². The number of amides is 1. The molecule has 1 N–H and O–H groups in total. The number of nitrogens with one attached hydrogen (secondary N) is 1. The van der Waals surface area contributed by atoms with E-state index in [2.05, 4.69) is 20.4 Å². The number of piperidine rings is 1. The van der Waals surface area contributed by atoms with Crippen LogP contribution in [-0.2, 0) is 17.6 Å². The van der Waals surface area contributed by atoms with Gasteiger partial charge in [-0.25, -0.2) is 0 Å². The molecule has 6 nitrogen and oxygen atoms in total. The number of aromatic nitrogens is 2. The third-order valence-electron chi connectivity index (χ3n) is 4.89. The average Bonchev–Trinajstić information content (AvgIpc) is 3.41. The zero-order valence-electron chi connectivity index (χ0n) is 15.7. The van der Waals surface area contributed by atoms with Gasteiger partial charge in [-0.05, 0) is 36.3 Å². The maximum atomic E-state index is 12.6. The minimum Gasteiger partial charge on any atom is -0.406 e. The van der Waals surface area contributed by atoms with Crippen LogP contribution in [0.15, 0.2) is 52.3 Å². The SMILES string of the molecule is O=C(Cc1cccs1)NC(Cc1ccccc1)c1nnc(N2CCCCC2)o1. The Balaban J connectivity index is 1.50. The molecule has 3 aromatic rings. The van der Waals surface area contributed by atoms with Gasteiger partial charge in [0.2, 0.25) is 11.8 Å². The molecule has 0 radical (unpaired) electrons. The highest BCUT2D eigenvalue weighted by molar-refractivity contribution is 7.10. The van der Waals surface area contributed by atoms with Gasteiger partial charge in [-0.15, -0.1) is 16.4 Å². The first-order chi connectivity index (χ1) is 13.8. The topological polar surface area (TPSA) is 71.3 Å². The molecule has 1 aromatic carbocycles. The van der Waals surface area contributed by atoms with Crippen LogP contribution >= 0.6 is 11.3 Å². The van der Waals surface area contributed by atoms with Gasteiger partial charge in [0.1, 0.15) is 6.04 Å². The Morgan fingerprint density at radius 3 is 2.68 bits per heavy atom. The van der Waals surface area contributed by atoms with E-state index in [-0.39, 0.29) is 11.9 Å². The molecule has 146 valence electrons. The van der Waals surface area contributed by atoms with E-state index >= 15 is 0 Å². The molecular weight excluding hydrogens is 372 g/mol. The van der Waals surface area contributed by atoms with Crippen molar-refractivity contribution in [1.29, 1.82) is 0 Å². The zero-order valence-corrected chi connectivity index (χ0v) is 16.5. The van der Waals surface area contributed by atoms with Crippen molar-refractivity contribution in [2.24, 2.45) is 0 Å². The van der Waals surface area contributed by atoms with Crippen LogP contribution in [0, 0.1) is 0 Å². The maximum absolute atomic E-state index is 12.6. The number of rotatable bonds is 7. The molecule has 7 heteroatoms. The molecule has 0 aliphatic carbocycles. The lowest BCUT2D eigenvalue weighted by Gasteiger charge is -2.24. The maximum Gasteiger partial charge on any atom is 0.318 e. The molecule has 1 aliphatic rings. The monoisotopic (exact) mass is 396 g/mol. The van der Waals surface area contributed by atoms with Crippen LogP contribution in [0.25, 0.3) is 0 Å². The third-order valence-corrected chi connectivity index (χ3v) is 5.76. The second-order valence-corrected chi connectivity index (χ2v) is 8.07. The molecule has 1 fully saturated rings. The zero-order chi connectivity index (χ0) is 19.2. The second-order valence-electron chi connectivity index (χ2n) is 7.04. The van der Waals surface area contributed by atoms with Crippen LogP contribution in [0.5, 0.6) is 0 Å². The van der Waals surface area contributed by atoms with Gasteiger partial charge >= 0.3 is 6.01 Å². The Morgan fingerprint density at radius 2 is 1.93 bits per heavy atom. The van der Waals surface area contributed by atoms with E-state index in [4.69, 9.17) is 4.42 Å². The van der Waals surface area contributed by atoms with Crippen molar-refractivity contribution < 1.29 is 9.21 Å². The Kier molecular flexibility index (Phi) is 6.01. The Hall–Kier alpha value is -2.67. The Labute approximate surface area is 168 Å². The van der Waals surface area contributed by atoms with Crippen molar-refractivity contribution >= 4 is 23.3 Å². The molecule has 2 aromatic heterocycles. The first-order valence-electron chi connectivity index (χ1n) is 9.72. The summed E-state index contributed by atoms with van der Waals surface area (Å²) in [5.74, 6) is 0.421. The van der Waals surface area contributed by atoms with Crippen molar-refractivity contribution in [2.45, 2.75) is 38.1 Å². The largest absolute Gasteiger partial charge is 0.406 e. The van der Waals surface area contributed by atoms with Crippen LogP contribution in [0.2, 0.25) is 0 Å². The standard InChI is InChI=1S/C21H24N4O2S/c26-19(15-17-10-7-13-28-17)22-18(14-16-8-3-1-4-9-16)20-23-24-21(27-20)25-11-5-2-6-12-25/h1,3-4,7-10,13,18H,2,5-6,11-12,14-15H2,(H,22,26).